The second-order valence-electron chi connectivity index (χ2n) is 13.6. The van der Waals surface area contributed by atoms with Gasteiger partial charge in [0.15, 0.2) is 17.5 Å². The van der Waals surface area contributed by atoms with E-state index >= 15 is 0 Å². The summed E-state index contributed by atoms with van der Waals surface area (Å²) in [5, 5.41) is 6.55. The maximum Gasteiger partial charge on any atom is 0.165 e. The van der Waals surface area contributed by atoms with Crippen molar-refractivity contribution in [2.24, 2.45) is 0 Å². The number of thiophene rings is 1. The average Bonchev–Trinajstić information content (AvgIpc) is 3.83. The molecule has 54 heavy (non-hydrogen) atoms. The third-order valence-corrected chi connectivity index (χ3v) is 11.5. The second kappa shape index (κ2) is 12.3. The Bertz CT molecular complexity index is 3220. The molecule has 4 nitrogen and oxygen atoms in total. The van der Waals surface area contributed by atoms with E-state index in [-0.39, 0.29) is 0 Å². The lowest BCUT2D eigenvalue weighted by atomic mass is 9.96. The average molecular weight is 708 g/mol. The molecular weight excluding hydrogens is 679 g/mol. The normalized spacial score (nSPS) is 11.7. The van der Waals surface area contributed by atoms with Crippen LogP contribution in [-0.2, 0) is 0 Å². The van der Waals surface area contributed by atoms with Crippen LogP contribution < -0.4 is 0 Å². The van der Waals surface area contributed by atoms with Gasteiger partial charge in [-0.25, -0.2) is 15.0 Å². The fourth-order valence-corrected chi connectivity index (χ4v) is 8.94. The van der Waals surface area contributed by atoms with Crippen molar-refractivity contribution in [1.82, 2.24) is 15.0 Å². The molecule has 3 aromatic heterocycles. The monoisotopic (exact) mass is 707 g/mol. The standard InChI is InChI=1S/C49H29N3OS/c1-3-13-30(14-4-1)32-17-11-18-35(27-32)47-50-48(39-22-12-21-37-36-19-8-10-24-43(36)54-46(37)39)52-49(51-47)41-29-34-26-25-33(31-15-5-2-6-16-31)28-40(34)45-44(41)38-20-7-9-23-42(38)53-45/h1-29H. The third-order valence-electron chi connectivity index (χ3n) is 10.3. The zero-order valence-electron chi connectivity index (χ0n) is 28.9. The number of para-hydroxylation sites is 1. The van der Waals surface area contributed by atoms with E-state index in [1.165, 1.54) is 15.5 Å². The number of fused-ring (bicyclic) bond motifs is 8. The van der Waals surface area contributed by atoms with Gasteiger partial charge >= 0.3 is 0 Å². The number of hydrogen-bond donors (Lipinski definition) is 0. The van der Waals surface area contributed by atoms with E-state index in [0.29, 0.717) is 17.5 Å². The van der Waals surface area contributed by atoms with Crippen molar-refractivity contribution in [2.75, 3.05) is 0 Å². The zero-order chi connectivity index (χ0) is 35.6. The van der Waals surface area contributed by atoms with Crippen molar-refractivity contribution in [3.63, 3.8) is 0 Å². The number of nitrogens with zero attached hydrogens (tertiary/aromatic N) is 3. The van der Waals surface area contributed by atoms with Gasteiger partial charge < -0.3 is 4.42 Å². The van der Waals surface area contributed by atoms with Gasteiger partial charge in [0.25, 0.3) is 0 Å². The Morgan fingerprint density at radius 2 is 1.00 bits per heavy atom. The Labute approximate surface area is 314 Å². The molecule has 0 aliphatic carbocycles. The van der Waals surface area contributed by atoms with E-state index in [0.717, 1.165) is 76.4 Å². The van der Waals surface area contributed by atoms with Crippen molar-refractivity contribution in [3.8, 4) is 56.4 Å². The highest BCUT2D eigenvalue weighted by Gasteiger charge is 2.22. The Hall–Kier alpha value is -6.95. The zero-order valence-corrected chi connectivity index (χ0v) is 29.7. The van der Waals surface area contributed by atoms with Gasteiger partial charge in [-0.05, 0) is 64.0 Å². The summed E-state index contributed by atoms with van der Waals surface area (Å²) in [6, 6.07) is 61.4. The molecule has 0 unspecified atom stereocenters. The number of rotatable bonds is 5. The lowest BCUT2D eigenvalue weighted by Crippen LogP contribution is -2.01. The first-order valence-corrected chi connectivity index (χ1v) is 18.8. The second-order valence-corrected chi connectivity index (χ2v) is 14.6. The smallest absolute Gasteiger partial charge is 0.165 e. The first-order valence-electron chi connectivity index (χ1n) is 18.0. The van der Waals surface area contributed by atoms with E-state index < -0.39 is 0 Å². The van der Waals surface area contributed by atoms with Crippen LogP contribution in [0.15, 0.2) is 180 Å². The Morgan fingerprint density at radius 1 is 0.389 bits per heavy atom. The minimum absolute atomic E-state index is 0.601. The summed E-state index contributed by atoms with van der Waals surface area (Å²) in [7, 11) is 0. The third kappa shape index (κ3) is 5.01. The molecule has 5 heteroatoms. The number of hydrogen-bond acceptors (Lipinski definition) is 5. The van der Waals surface area contributed by atoms with Gasteiger partial charge in [0.2, 0.25) is 0 Å². The molecule has 3 heterocycles. The molecule has 0 saturated carbocycles. The molecule has 0 saturated heterocycles. The van der Waals surface area contributed by atoms with Gasteiger partial charge in [0, 0.05) is 53.0 Å². The van der Waals surface area contributed by atoms with Crippen LogP contribution in [0.1, 0.15) is 0 Å². The fraction of sp³-hybridized carbons (Fsp3) is 0. The molecule has 0 N–H and O–H groups in total. The van der Waals surface area contributed by atoms with Crippen LogP contribution in [0.25, 0.3) is 109 Å². The first kappa shape index (κ1) is 30.7. The van der Waals surface area contributed by atoms with Gasteiger partial charge in [-0.3, -0.25) is 0 Å². The molecule has 0 aliphatic rings. The van der Waals surface area contributed by atoms with Crippen LogP contribution in [0.5, 0.6) is 0 Å². The highest BCUT2D eigenvalue weighted by atomic mass is 32.1. The van der Waals surface area contributed by atoms with Crippen LogP contribution in [0.2, 0.25) is 0 Å². The van der Waals surface area contributed by atoms with Crippen LogP contribution in [0, 0.1) is 0 Å². The molecular formula is C49H29N3OS. The van der Waals surface area contributed by atoms with Crippen molar-refractivity contribution < 1.29 is 4.42 Å². The van der Waals surface area contributed by atoms with Crippen molar-refractivity contribution in [3.05, 3.63) is 176 Å². The van der Waals surface area contributed by atoms with Crippen molar-refractivity contribution in [2.45, 2.75) is 0 Å². The molecule has 11 aromatic rings. The lowest BCUT2D eigenvalue weighted by molar-refractivity contribution is 0.672. The summed E-state index contributed by atoms with van der Waals surface area (Å²) in [6.45, 7) is 0. The van der Waals surface area contributed by atoms with Crippen LogP contribution in [-0.4, -0.2) is 15.0 Å². The predicted molar refractivity (Wildman–Crippen MR) is 225 cm³/mol. The topological polar surface area (TPSA) is 51.8 Å². The molecule has 0 bridgehead atoms. The minimum atomic E-state index is 0.601. The van der Waals surface area contributed by atoms with Crippen molar-refractivity contribution >= 4 is 64.2 Å². The lowest BCUT2D eigenvalue weighted by Gasteiger charge is -2.12. The van der Waals surface area contributed by atoms with Crippen LogP contribution in [0.4, 0.5) is 0 Å². The molecule has 8 aromatic carbocycles. The van der Waals surface area contributed by atoms with Gasteiger partial charge in [0.05, 0.1) is 0 Å². The summed E-state index contributed by atoms with van der Waals surface area (Å²) in [5.41, 5.74) is 9.00. The Kier molecular flexibility index (Phi) is 7.00. The molecule has 0 atom stereocenters. The first-order chi connectivity index (χ1) is 26.7. The van der Waals surface area contributed by atoms with Crippen LogP contribution in [0.3, 0.4) is 0 Å². The van der Waals surface area contributed by atoms with Crippen LogP contribution >= 0.6 is 11.3 Å². The largest absolute Gasteiger partial charge is 0.455 e. The SMILES string of the molecule is c1ccc(-c2cccc(-c3nc(-c4cccc5c4sc4ccccc45)nc(-c4cc5ccc(-c6ccccc6)cc5c5oc6ccccc6c45)n3)c2)cc1. The highest BCUT2D eigenvalue weighted by molar-refractivity contribution is 7.26. The van der Waals surface area contributed by atoms with E-state index in [1.807, 2.05) is 24.3 Å². The van der Waals surface area contributed by atoms with E-state index in [9.17, 15) is 0 Å². The predicted octanol–water partition coefficient (Wildman–Crippen LogP) is 13.6. The Morgan fingerprint density at radius 3 is 1.81 bits per heavy atom. The fourth-order valence-electron chi connectivity index (χ4n) is 7.73. The number of furan rings is 1. The Balaban J connectivity index is 1.20. The van der Waals surface area contributed by atoms with Crippen molar-refractivity contribution in [1.29, 1.82) is 0 Å². The summed E-state index contributed by atoms with van der Waals surface area (Å²) < 4.78 is 9.13. The highest BCUT2D eigenvalue weighted by Crippen LogP contribution is 2.43. The van der Waals surface area contributed by atoms with Gasteiger partial charge in [-0.2, -0.15) is 0 Å². The van der Waals surface area contributed by atoms with E-state index in [2.05, 4.69) is 152 Å². The summed E-state index contributed by atoms with van der Waals surface area (Å²) in [5.74, 6) is 1.85. The van der Waals surface area contributed by atoms with Gasteiger partial charge in [-0.1, -0.05) is 140 Å². The van der Waals surface area contributed by atoms with E-state index in [4.69, 9.17) is 19.4 Å². The van der Waals surface area contributed by atoms with E-state index in [1.54, 1.807) is 11.3 Å². The molecule has 0 amide bonds. The number of aromatic nitrogens is 3. The quantitative estimate of drug-likeness (QED) is 0.179. The summed E-state index contributed by atoms with van der Waals surface area (Å²) >= 11 is 1.78. The maximum absolute atomic E-state index is 6.74. The maximum atomic E-state index is 6.74. The summed E-state index contributed by atoms with van der Waals surface area (Å²) in [4.78, 5) is 15.9. The number of benzene rings is 8. The molecule has 0 radical (unpaired) electrons. The summed E-state index contributed by atoms with van der Waals surface area (Å²) in [6.07, 6.45) is 0. The van der Waals surface area contributed by atoms with Gasteiger partial charge in [-0.15, -0.1) is 11.3 Å². The van der Waals surface area contributed by atoms with Gasteiger partial charge in [0.1, 0.15) is 11.2 Å². The molecule has 252 valence electrons. The molecule has 0 aliphatic heterocycles. The minimum Gasteiger partial charge on any atom is -0.455 e. The molecule has 0 fully saturated rings. The molecule has 0 spiro atoms. The molecule has 11 rings (SSSR count).